The molecule has 0 spiro atoms. The summed E-state index contributed by atoms with van der Waals surface area (Å²) in [7, 11) is 0. The van der Waals surface area contributed by atoms with Gasteiger partial charge in [0, 0.05) is 5.56 Å². The first-order valence-corrected chi connectivity index (χ1v) is 10.8. The van der Waals surface area contributed by atoms with Crippen molar-refractivity contribution < 1.29 is 29.0 Å². The van der Waals surface area contributed by atoms with E-state index in [4.69, 9.17) is 14.6 Å². The Kier molecular flexibility index (Phi) is 7.72. The fraction of sp³-hybridized carbons (Fsp3) is 0.208. The minimum absolute atomic E-state index is 0.154. The SMILES string of the molecule is C=CCc1cc(/C=C2/SC(=O)N(CC(=O)O)C2=O)cc(OCC)c1OCc1ccccc1. The second-order valence-electron chi connectivity index (χ2n) is 6.87. The van der Waals surface area contributed by atoms with Crippen LogP contribution in [0.2, 0.25) is 0 Å². The number of imide groups is 1. The van der Waals surface area contributed by atoms with Crippen LogP contribution in [0.25, 0.3) is 6.08 Å². The van der Waals surface area contributed by atoms with Crippen molar-refractivity contribution in [3.05, 3.63) is 76.7 Å². The molecule has 1 aliphatic rings. The third-order valence-corrected chi connectivity index (χ3v) is 5.42. The summed E-state index contributed by atoms with van der Waals surface area (Å²) in [6, 6.07) is 13.3. The Balaban J connectivity index is 1.94. The van der Waals surface area contributed by atoms with Crippen molar-refractivity contribution in [2.45, 2.75) is 20.0 Å². The zero-order valence-electron chi connectivity index (χ0n) is 17.6. The van der Waals surface area contributed by atoms with E-state index in [0.717, 1.165) is 11.1 Å². The maximum Gasteiger partial charge on any atom is 0.323 e. The van der Waals surface area contributed by atoms with E-state index in [0.29, 0.717) is 53.4 Å². The molecular formula is C24H23NO6S. The number of carbonyl (C=O) groups excluding carboxylic acids is 2. The molecule has 0 unspecified atom stereocenters. The Morgan fingerprint density at radius 1 is 1.19 bits per heavy atom. The molecule has 1 saturated heterocycles. The molecule has 0 aliphatic carbocycles. The first-order valence-electron chi connectivity index (χ1n) is 9.97. The summed E-state index contributed by atoms with van der Waals surface area (Å²) in [5.74, 6) is -0.777. The maximum atomic E-state index is 12.5. The molecule has 0 radical (unpaired) electrons. The van der Waals surface area contributed by atoms with E-state index >= 15 is 0 Å². The molecule has 2 amide bonds. The summed E-state index contributed by atoms with van der Waals surface area (Å²) in [6.45, 7) is 5.77. The Labute approximate surface area is 190 Å². The third-order valence-electron chi connectivity index (χ3n) is 4.51. The number of carboxylic acid groups (broad SMARTS) is 1. The highest BCUT2D eigenvalue weighted by molar-refractivity contribution is 8.18. The lowest BCUT2D eigenvalue weighted by Crippen LogP contribution is -2.33. The highest BCUT2D eigenvalue weighted by Crippen LogP contribution is 2.37. The summed E-state index contributed by atoms with van der Waals surface area (Å²) in [4.78, 5) is 36.3. The van der Waals surface area contributed by atoms with Crippen LogP contribution < -0.4 is 9.47 Å². The highest BCUT2D eigenvalue weighted by Gasteiger charge is 2.36. The zero-order chi connectivity index (χ0) is 23.1. The van der Waals surface area contributed by atoms with Crippen LogP contribution in [0, 0.1) is 0 Å². The number of amides is 2. The molecule has 8 heteroatoms. The number of carbonyl (C=O) groups is 3. The summed E-state index contributed by atoms with van der Waals surface area (Å²) >= 11 is 0.712. The van der Waals surface area contributed by atoms with E-state index in [-0.39, 0.29) is 4.91 Å². The number of aliphatic carboxylic acids is 1. The summed E-state index contributed by atoms with van der Waals surface area (Å²) in [5, 5.41) is 8.32. The fourth-order valence-electron chi connectivity index (χ4n) is 3.15. The number of rotatable bonds is 10. The van der Waals surface area contributed by atoms with Crippen molar-refractivity contribution in [1.29, 1.82) is 0 Å². The third kappa shape index (κ3) is 5.59. The van der Waals surface area contributed by atoms with E-state index in [1.807, 2.05) is 43.3 Å². The van der Waals surface area contributed by atoms with Crippen LogP contribution in [0.1, 0.15) is 23.6 Å². The molecular weight excluding hydrogens is 430 g/mol. The van der Waals surface area contributed by atoms with Gasteiger partial charge in [0.15, 0.2) is 11.5 Å². The topological polar surface area (TPSA) is 93.1 Å². The van der Waals surface area contributed by atoms with E-state index in [1.54, 1.807) is 18.2 Å². The molecule has 2 aromatic carbocycles. The van der Waals surface area contributed by atoms with Crippen molar-refractivity contribution in [2.75, 3.05) is 13.2 Å². The van der Waals surface area contributed by atoms with Crippen molar-refractivity contribution in [3.8, 4) is 11.5 Å². The minimum atomic E-state index is -1.25. The Morgan fingerprint density at radius 2 is 1.94 bits per heavy atom. The summed E-state index contributed by atoms with van der Waals surface area (Å²) in [5.41, 5.74) is 2.46. The van der Waals surface area contributed by atoms with Crippen molar-refractivity contribution in [2.24, 2.45) is 0 Å². The molecule has 0 atom stereocenters. The van der Waals surface area contributed by atoms with Gasteiger partial charge in [0.2, 0.25) is 0 Å². The number of carboxylic acids is 1. The molecule has 0 saturated carbocycles. The lowest BCUT2D eigenvalue weighted by atomic mass is 10.0. The monoisotopic (exact) mass is 453 g/mol. The molecule has 7 nitrogen and oxygen atoms in total. The van der Waals surface area contributed by atoms with Gasteiger partial charge < -0.3 is 14.6 Å². The number of allylic oxidation sites excluding steroid dienone is 1. The Hall–Kier alpha value is -3.52. The second-order valence-corrected chi connectivity index (χ2v) is 7.86. The van der Waals surface area contributed by atoms with Crippen LogP contribution in [-0.2, 0) is 22.6 Å². The van der Waals surface area contributed by atoms with E-state index in [9.17, 15) is 14.4 Å². The van der Waals surface area contributed by atoms with Gasteiger partial charge in [-0.1, -0.05) is 36.4 Å². The normalized spacial score (nSPS) is 14.7. The predicted molar refractivity (Wildman–Crippen MR) is 123 cm³/mol. The van der Waals surface area contributed by atoms with Gasteiger partial charge in [0.1, 0.15) is 13.2 Å². The number of benzene rings is 2. The van der Waals surface area contributed by atoms with Gasteiger partial charge in [0.25, 0.3) is 11.1 Å². The predicted octanol–water partition coefficient (Wildman–Crippen LogP) is 4.51. The Bertz CT molecular complexity index is 1060. The molecule has 0 aromatic heterocycles. The fourth-order valence-corrected chi connectivity index (χ4v) is 3.99. The van der Waals surface area contributed by atoms with Crippen molar-refractivity contribution in [1.82, 2.24) is 4.90 Å². The summed E-state index contributed by atoms with van der Waals surface area (Å²) in [6.07, 6.45) is 3.81. The van der Waals surface area contributed by atoms with Gasteiger partial charge in [-0.3, -0.25) is 19.3 Å². The van der Waals surface area contributed by atoms with Gasteiger partial charge in [-0.2, -0.15) is 0 Å². The lowest BCUT2D eigenvalue weighted by Gasteiger charge is -2.17. The van der Waals surface area contributed by atoms with Crippen LogP contribution in [0.5, 0.6) is 11.5 Å². The molecule has 1 N–H and O–H groups in total. The smallest absolute Gasteiger partial charge is 0.323 e. The van der Waals surface area contributed by atoms with Gasteiger partial charge in [-0.05, 0) is 54.4 Å². The Morgan fingerprint density at radius 3 is 2.59 bits per heavy atom. The summed E-state index contributed by atoms with van der Waals surface area (Å²) < 4.78 is 11.9. The van der Waals surface area contributed by atoms with Crippen LogP contribution in [0.4, 0.5) is 4.79 Å². The number of hydrogen-bond acceptors (Lipinski definition) is 6. The largest absolute Gasteiger partial charge is 0.490 e. The number of thioether (sulfide) groups is 1. The zero-order valence-corrected chi connectivity index (χ0v) is 18.4. The van der Waals surface area contributed by atoms with Crippen LogP contribution in [0.15, 0.2) is 60.0 Å². The van der Waals surface area contributed by atoms with Gasteiger partial charge in [0.05, 0.1) is 11.5 Å². The van der Waals surface area contributed by atoms with E-state index < -0.39 is 23.7 Å². The van der Waals surface area contributed by atoms with Gasteiger partial charge >= 0.3 is 5.97 Å². The highest BCUT2D eigenvalue weighted by atomic mass is 32.2. The molecule has 1 aliphatic heterocycles. The number of ether oxygens (including phenoxy) is 2. The molecule has 2 aromatic rings. The average Bonchev–Trinajstić information content (AvgIpc) is 3.01. The standard InChI is InChI=1S/C24H23NO6S/c1-3-8-18-11-17(13-20-23(28)25(14-21(26)27)24(29)32-20)12-19(30-4-2)22(18)31-15-16-9-6-5-7-10-16/h3,5-7,9-13H,1,4,8,14-15H2,2H3,(H,26,27)/b20-13+. The van der Waals surface area contributed by atoms with Gasteiger partial charge in [-0.25, -0.2) is 0 Å². The van der Waals surface area contributed by atoms with E-state index in [1.165, 1.54) is 0 Å². The van der Waals surface area contributed by atoms with Crippen molar-refractivity contribution in [3.63, 3.8) is 0 Å². The van der Waals surface area contributed by atoms with E-state index in [2.05, 4.69) is 6.58 Å². The molecule has 1 heterocycles. The first kappa shape index (κ1) is 23.1. The quantitative estimate of drug-likeness (QED) is 0.418. The second kappa shape index (κ2) is 10.7. The molecule has 0 bridgehead atoms. The van der Waals surface area contributed by atoms with Crippen LogP contribution in [-0.4, -0.2) is 40.3 Å². The molecule has 3 rings (SSSR count). The molecule has 1 fully saturated rings. The average molecular weight is 454 g/mol. The first-order chi connectivity index (χ1) is 15.4. The van der Waals surface area contributed by atoms with Crippen molar-refractivity contribution >= 4 is 35.0 Å². The van der Waals surface area contributed by atoms with Crippen LogP contribution in [0.3, 0.4) is 0 Å². The number of hydrogen-bond donors (Lipinski definition) is 1. The van der Waals surface area contributed by atoms with Crippen LogP contribution >= 0.6 is 11.8 Å². The molecule has 166 valence electrons. The lowest BCUT2D eigenvalue weighted by molar-refractivity contribution is -0.140. The molecule has 32 heavy (non-hydrogen) atoms. The van der Waals surface area contributed by atoms with Gasteiger partial charge in [-0.15, -0.1) is 6.58 Å². The number of nitrogens with zero attached hydrogens (tertiary/aromatic N) is 1. The maximum absolute atomic E-state index is 12.5. The minimum Gasteiger partial charge on any atom is -0.490 e.